The van der Waals surface area contributed by atoms with Crippen molar-refractivity contribution in [3.05, 3.63) is 17.5 Å². The van der Waals surface area contributed by atoms with E-state index in [-0.39, 0.29) is 0 Å². The van der Waals surface area contributed by atoms with Gasteiger partial charge in [-0.2, -0.15) is 5.10 Å². The molecule has 0 unspecified atom stereocenters. The fourth-order valence-electron chi connectivity index (χ4n) is 2.16. The zero-order valence-electron chi connectivity index (χ0n) is 9.28. The maximum absolute atomic E-state index is 5.56. The highest BCUT2D eigenvalue weighted by Crippen LogP contribution is 2.23. The van der Waals surface area contributed by atoms with Gasteiger partial charge in [-0.1, -0.05) is 0 Å². The van der Waals surface area contributed by atoms with Crippen molar-refractivity contribution < 1.29 is 4.74 Å². The van der Waals surface area contributed by atoms with Crippen LogP contribution in [0.4, 0.5) is 0 Å². The Hall–Kier alpha value is -0.870. The first kappa shape index (κ1) is 10.6. The van der Waals surface area contributed by atoms with Crippen molar-refractivity contribution in [3.8, 4) is 0 Å². The summed E-state index contributed by atoms with van der Waals surface area (Å²) in [5, 5.41) is 4.46. The van der Waals surface area contributed by atoms with E-state index in [4.69, 9.17) is 10.5 Å². The first-order valence-electron chi connectivity index (χ1n) is 5.63. The van der Waals surface area contributed by atoms with Crippen LogP contribution in [0.25, 0.3) is 0 Å². The molecule has 0 radical (unpaired) electrons. The summed E-state index contributed by atoms with van der Waals surface area (Å²) >= 11 is 0. The van der Waals surface area contributed by atoms with E-state index in [1.165, 1.54) is 11.3 Å². The number of ether oxygens (including phenoxy) is 1. The highest BCUT2D eigenvalue weighted by molar-refractivity contribution is 5.17. The van der Waals surface area contributed by atoms with E-state index < -0.39 is 0 Å². The summed E-state index contributed by atoms with van der Waals surface area (Å²) in [5.41, 5.74) is 8.11. The maximum Gasteiger partial charge on any atom is 0.0566 e. The highest BCUT2D eigenvalue weighted by Gasteiger charge is 2.18. The van der Waals surface area contributed by atoms with Gasteiger partial charge in [0.15, 0.2) is 0 Å². The standard InChI is InChI=1S/C11H19N3O/c1-9-10(2-5-12)8-13-14(9)11-3-6-15-7-4-11/h8,11H,2-7,12H2,1H3. The largest absolute Gasteiger partial charge is 0.381 e. The van der Waals surface area contributed by atoms with E-state index >= 15 is 0 Å². The van der Waals surface area contributed by atoms with Crippen molar-refractivity contribution in [3.63, 3.8) is 0 Å². The van der Waals surface area contributed by atoms with Crippen LogP contribution in [0, 0.1) is 6.92 Å². The minimum Gasteiger partial charge on any atom is -0.381 e. The molecule has 0 aromatic carbocycles. The predicted molar refractivity (Wildman–Crippen MR) is 58.8 cm³/mol. The molecule has 1 aromatic rings. The third-order valence-electron chi connectivity index (χ3n) is 3.10. The molecule has 1 fully saturated rings. The molecule has 0 saturated carbocycles. The lowest BCUT2D eigenvalue weighted by Crippen LogP contribution is -2.21. The molecule has 2 heterocycles. The molecule has 2 N–H and O–H groups in total. The van der Waals surface area contributed by atoms with Gasteiger partial charge in [0.05, 0.1) is 12.2 Å². The zero-order valence-corrected chi connectivity index (χ0v) is 9.28. The molecule has 2 rings (SSSR count). The van der Waals surface area contributed by atoms with Crippen molar-refractivity contribution >= 4 is 0 Å². The van der Waals surface area contributed by atoms with E-state index in [1.807, 2.05) is 6.20 Å². The Kier molecular flexibility index (Phi) is 3.38. The van der Waals surface area contributed by atoms with Gasteiger partial charge in [-0.05, 0) is 38.3 Å². The van der Waals surface area contributed by atoms with Crippen LogP contribution in [0.5, 0.6) is 0 Å². The van der Waals surface area contributed by atoms with Crippen LogP contribution in [-0.4, -0.2) is 29.5 Å². The van der Waals surface area contributed by atoms with E-state index in [1.54, 1.807) is 0 Å². The molecular formula is C11H19N3O. The Morgan fingerprint density at radius 2 is 2.27 bits per heavy atom. The van der Waals surface area contributed by atoms with Crippen LogP contribution in [0.1, 0.15) is 30.1 Å². The molecule has 0 aliphatic carbocycles. The third kappa shape index (κ3) is 2.21. The Morgan fingerprint density at radius 1 is 1.53 bits per heavy atom. The van der Waals surface area contributed by atoms with Gasteiger partial charge in [0.25, 0.3) is 0 Å². The summed E-state index contributed by atoms with van der Waals surface area (Å²) in [5.74, 6) is 0. The van der Waals surface area contributed by atoms with Gasteiger partial charge in [-0.15, -0.1) is 0 Å². The van der Waals surface area contributed by atoms with Crippen molar-refractivity contribution in [2.24, 2.45) is 5.73 Å². The molecule has 1 aliphatic rings. The molecule has 0 atom stereocenters. The fraction of sp³-hybridized carbons (Fsp3) is 0.727. The van der Waals surface area contributed by atoms with Crippen LogP contribution < -0.4 is 5.73 Å². The molecular weight excluding hydrogens is 190 g/mol. The lowest BCUT2D eigenvalue weighted by molar-refractivity contribution is 0.0656. The van der Waals surface area contributed by atoms with Crippen molar-refractivity contribution in [2.75, 3.05) is 19.8 Å². The fourth-order valence-corrected chi connectivity index (χ4v) is 2.16. The van der Waals surface area contributed by atoms with Crippen LogP contribution in [0.15, 0.2) is 6.20 Å². The summed E-state index contributed by atoms with van der Waals surface area (Å²) in [7, 11) is 0. The molecule has 4 nitrogen and oxygen atoms in total. The van der Waals surface area contributed by atoms with Gasteiger partial charge in [-0.25, -0.2) is 0 Å². The topological polar surface area (TPSA) is 53.1 Å². The summed E-state index contributed by atoms with van der Waals surface area (Å²) in [6.07, 6.45) is 5.03. The minimum absolute atomic E-state index is 0.519. The smallest absolute Gasteiger partial charge is 0.0566 e. The number of hydrogen-bond acceptors (Lipinski definition) is 3. The average Bonchev–Trinajstić information content (AvgIpc) is 2.63. The molecule has 4 heteroatoms. The molecule has 0 bridgehead atoms. The number of nitrogens with zero attached hydrogens (tertiary/aromatic N) is 2. The number of rotatable bonds is 3. The predicted octanol–water partition coefficient (Wildman–Crippen LogP) is 1.04. The van der Waals surface area contributed by atoms with Crippen LogP contribution in [-0.2, 0) is 11.2 Å². The first-order chi connectivity index (χ1) is 7.33. The summed E-state index contributed by atoms with van der Waals surface area (Å²) < 4.78 is 7.50. The van der Waals surface area contributed by atoms with Crippen LogP contribution >= 0.6 is 0 Å². The van der Waals surface area contributed by atoms with E-state index in [0.717, 1.165) is 32.5 Å². The Labute approximate surface area is 90.4 Å². The Balaban J connectivity index is 2.13. The molecule has 1 aromatic heterocycles. The number of nitrogens with two attached hydrogens (primary N) is 1. The zero-order chi connectivity index (χ0) is 10.7. The second-order valence-corrected chi connectivity index (χ2v) is 4.08. The van der Waals surface area contributed by atoms with Gasteiger partial charge < -0.3 is 10.5 Å². The summed E-state index contributed by atoms with van der Waals surface area (Å²) in [6, 6.07) is 0.519. The van der Waals surface area contributed by atoms with Gasteiger partial charge in [0.1, 0.15) is 0 Å². The quantitative estimate of drug-likeness (QED) is 0.809. The van der Waals surface area contributed by atoms with Crippen molar-refractivity contribution in [1.29, 1.82) is 0 Å². The first-order valence-corrected chi connectivity index (χ1v) is 5.63. The van der Waals surface area contributed by atoms with E-state index in [2.05, 4.69) is 16.7 Å². The monoisotopic (exact) mass is 209 g/mol. The molecule has 1 aliphatic heterocycles. The van der Waals surface area contributed by atoms with Gasteiger partial charge >= 0.3 is 0 Å². The Morgan fingerprint density at radius 3 is 2.93 bits per heavy atom. The second-order valence-electron chi connectivity index (χ2n) is 4.08. The van der Waals surface area contributed by atoms with Crippen molar-refractivity contribution in [1.82, 2.24) is 9.78 Å². The van der Waals surface area contributed by atoms with Gasteiger partial charge in [-0.3, -0.25) is 4.68 Å². The third-order valence-corrected chi connectivity index (χ3v) is 3.10. The maximum atomic E-state index is 5.56. The highest BCUT2D eigenvalue weighted by atomic mass is 16.5. The van der Waals surface area contributed by atoms with Crippen molar-refractivity contribution in [2.45, 2.75) is 32.2 Å². The Bertz CT molecular complexity index is 316. The molecule has 0 amide bonds. The summed E-state index contributed by atoms with van der Waals surface area (Å²) in [4.78, 5) is 0. The molecule has 15 heavy (non-hydrogen) atoms. The SMILES string of the molecule is Cc1c(CCN)cnn1C1CCOCC1. The second kappa shape index (κ2) is 4.77. The van der Waals surface area contributed by atoms with Gasteiger partial charge in [0, 0.05) is 18.9 Å². The van der Waals surface area contributed by atoms with E-state index in [0.29, 0.717) is 12.6 Å². The lowest BCUT2D eigenvalue weighted by Gasteiger charge is -2.23. The van der Waals surface area contributed by atoms with Crippen LogP contribution in [0.3, 0.4) is 0 Å². The van der Waals surface area contributed by atoms with Gasteiger partial charge in [0.2, 0.25) is 0 Å². The molecule has 0 spiro atoms. The number of aromatic nitrogens is 2. The minimum atomic E-state index is 0.519. The van der Waals surface area contributed by atoms with Crippen LogP contribution in [0.2, 0.25) is 0 Å². The lowest BCUT2D eigenvalue weighted by atomic mass is 10.1. The normalized spacial score (nSPS) is 18.3. The van der Waals surface area contributed by atoms with E-state index in [9.17, 15) is 0 Å². The number of hydrogen-bond donors (Lipinski definition) is 1. The summed E-state index contributed by atoms with van der Waals surface area (Å²) in [6.45, 7) is 4.54. The molecule has 1 saturated heterocycles. The molecule has 84 valence electrons. The average molecular weight is 209 g/mol.